The first-order valence-corrected chi connectivity index (χ1v) is 8.11. The highest BCUT2D eigenvalue weighted by molar-refractivity contribution is 5.43. The van der Waals surface area contributed by atoms with E-state index >= 15 is 0 Å². The Hall–Kier alpha value is -2.07. The molecule has 0 aromatic heterocycles. The molecule has 0 saturated carbocycles. The highest BCUT2D eigenvalue weighted by atomic mass is 19.1. The topological polar surface area (TPSA) is 24.5 Å². The van der Waals surface area contributed by atoms with Crippen LogP contribution in [0.1, 0.15) is 18.4 Å². The predicted octanol–water partition coefficient (Wildman–Crippen LogP) is 3.91. The molecule has 0 atom stereocenters. The largest absolute Gasteiger partial charge is 0.496 e. The SMILES string of the molecule is COc1ccccc1CN1CCC(Nc2ccc(F)cc2)CC1. The highest BCUT2D eigenvalue weighted by Crippen LogP contribution is 2.22. The zero-order chi connectivity index (χ0) is 16.1. The standard InChI is InChI=1S/C19H23FN2O/c1-23-19-5-3-2-4-15(19)14-22-12-10-18(11-13-22)21-17-8-6-16(20)7-9-17/h2-9,18,21H,10-14H2,1H3. The van der Waals surface area contributed by atoms with Crippen molar-refractivity contribution in [2.24, 2.45) is 0 Å². The van der Waals surface area contributed by atoms with Gasteiger partial charge >= 0.3 is 0 Å². The molecule has 3 nitrogen and oxygen atoms in total. The van der Waals surface area contributed by atoms with Crippen LogP contribution >= 0.6 is 0 Å². The van der Waals surface area contributed by atoms with Crippen molar-refractivity contribution in [2.75, 3.05) is 25.5 Å². The van der Waals surface area contributed by atoms with Crippen LogP contribution in [0.25, 0.3) is 0 Å². The average Bonchev–Trinajstić information content (AvgIpc) is 2.59. The fourth-order valence-electron chi connectivity index (χ4n) is 3.09. The lowest BCUT2D eigenvalue weighted by atomic mass is 10.0. The summed E-state index contributed by atoms with van der Waals surface area (Å²) in [7, 11) is 1.72. The molecule has 0 amide bonds. The minimum Gasteiger partial charge on any atom is -0.496 e. The van der Waals surface area contributed by atoms with Gasteiger partial charge in [-0.05, 0) is 43.2 Å². The van der Waals surface area contributed by atoms with Crippen molar-refractivity contribution in [3.8, 4) is 5.75 Å². The molecule has 1 aliphatic rings. The third-order valence-electron chi connectivity index (χ3n) is 4.39. The lowest BCUT2D eigenvalue weighted by Gasteiger charge is -2.33. The molecule has 2 aromatic carbocycles. The smallest absolute Gasteiger partial charge is 0.123 e. The number of ether oxygens (including phenoxy) is 1. The van der Waals surface area contributed by atoms with E-state index in [9.17, 15) is 4.39 Å². The molecule has 4 heteroatoms. The van der Waals surface area contributed by atoms with Crippen LogP contribution in [0.15, 0.2) is 48.5 Å². The summed E-state index contributed by atoms with van der Waals surface area (Å²) in [6, 6.07) is 15.3. The summed E-state index contributed by atoms with van der Waals surface area (Å²) in [5.74, 6) is 0.765. The Kier molecular flexibility index (Phi) is 5.13. The molecule has 0 unspecified atom stereocenters. The van der Waals surface area contributed by atoms with Crippen LogP contribution in [0.2, 0.25) is 0 Å². The molecule has 0 aliphatic carbocycles. The summed E-state index contributed by atoms with van der Waals surface area (Å²) in [5, 5.41) is 3.50. The molecule has 0 spiro atoms. The fraction of sp³-hybridized carbons (Fsp3) is 0.368. The monoisotopic (exact) mass is 314 g/mol. The third kappa shape index (κ3) is 4.23. The van der Waals surface area contributed by atoms with Gasteiger partial charge in [0.25, 0.3) is 0 Å². The van der Waals surface area contributed by atoms with Gasteiger partial charge in [-0.3, -0.25) is 4.90 Å². The summed E-state index contributed by atoms with van der Waals surface area (Å²) < 4.78 is 18.4. The number of nitrogens with one attached hydrogen (secondary N) is 1. The number of benzene rings is 2. The van der Waals surface area contributed by atoms with Crippen molar-refractivity contribution in [3.05, 3.63) is 59.9 Å². The number of rotatable bonds is 5. The Morgan fingerprint density at radius 1 is 1.09 bits per heavy atom. The van der Waals surface area contributed by atoms with E-state index in [0.717, 1.165) is 43.9 Å². The number of hydrogen-bond acceptors (Lipinski definition) is 3. The Balaban J connectivity index is 1.51. The summed E-state index contributed by atoms with van der Waals surface area (Å²) in [4.78, 5) is 2.46. The predicted molar refractivity (Wildman–Crippen MR) is 91.3 cm³/mol. The maximum atomic E-state index is 12.9. The van der Waals surface area contributed by atoms with E-state index in [4.69, 9.17) is 4.74 Å². The van der Waals surface area contributed by atoms with Crippen molar-refractivity contribution in [1.29, 1.82) is 0 Å². The van der Waals surface area contributed by atoms with Gasteiger partial charge in [-0.2, -0.15) is 0 Å². The fourth-order valence-corrected chi connectivity index (χ4v) is 3.09. The molecule has 2 aromatic rings. The van der Waals surface area contributed by atoms with E-state index in [1.807, 2.05) is 12.1 Å². The van der Waals surface area contributed by atoms with Crippen LogP contribution in [0.3, 0.4) is 0 Å². The van der Waals surface area contributed by atoms with Crippen LogP contribution in [0.4, 0.5) is 10.1 Å². The maximum Gasteiger partial charge on any atom is 0.123 e. The van der Waals surface area contributed by atoms with Gasteiger partial charge in [0.15, 0.2) is 0 Å². The van der Waals surface area contributed by atoms with E-state index in [1.54, 1.807) is 19.2 Å². The highest BCUT2D eigenvalue weighted by Gasteiger charge is 2.19. The van der Waals surface area contributed by atoms with E-state index in [0.29, 0.717) is 6.04 Å². The second kappa shape index (κ2) is 7.47. The van der Waals surface area contributed by atoms with Crippen molar-refractivity contribution < 1.29 is 9.13 Å². The summed E-state index contributed by atoms with van der Waals surface area (Å²) in [5.41, 5.74) is 2.23. The van der Waals surface area contributed by atoms with Crippen molar-refractivity contribution >= 4 is 5.69 Å². The summed E-state index contributed by atoms with van der Waals surface area (Å²) in [6.45, 7) is 3.03. The quantitative estimate of drug-likeness (QED) is 0.905. The van der Waals surface area contributed by atoms with Crippen molar-refractivity contribution in [1.82, 2.24) is 4.90 Å². The van der Waals surface area contributed by atoms with Crippen molar-refractivity contribution in [2.45, 2.75) is 25.4 Å². The van der Waals surface area contributed by atoms with Gasteiger partial charge < -0.3 is 10.1 Å². The molecule has 1 heterocycles. The first kappa shape index (κ1) is 15.8. The Morgan fingerprint density at radius 3 is 2.48 bits per heavy atom. The molecule has 23 heavy (non-hydrogen) atoms. The minimum absolute atomic E-state index is 0.192. The lowest BCUT2D eigenvalue weighted by Crippen LogP contribution is -2.38. The number of anilines is 1. The van der Waals surface area contributed by atoms with Crippen LogP contribution in [0, 0.1) is 5.82 Å². The van der Waals surface area contributed by atoms with E-state index < -0.39 is 0 Å². The van der Waals surface area contributed by atoms with E-state index in [-0.39, 0.29) is 5.82 Å². The molecule has 1 N–H and O–H groups in total. The Morgan fingerprint density at radius 2 is 1.78 bits per heavy atom. The van der Waals surface area contributed by atoms with Gasteiger partial charge in [-0.15, -0.1) is 0 Å². The number of halogens is 1. The zero-order valence-corrected chi connectivity index (χ0v) is 13.5. The van der Waals surface area contributed by atoms with E-state index in [1.165, 1.54) is 17.7 Å². The molecular weight excluding hydrogens is 291 g/mol. The molecule has 0 radical (unpaired) electrons. The summed E-state index contributed by atoms with van der Waals surface area (Å²) >= 11 is 0. The first-order valence-electron chi connectivity index (χ1n) is 8.11. The number of methoxy groups -OCH3 is 1. The van der Waals surface area contributed by atoms with Gasteiger partial charge in [-0.25, -0.2) is 4.39 Å². The molecule has 1 saturated heterocycles. The van der Waals surface area contributed by atoms with Crippen LogP contribution < -0.4 is 10.1 Å². The Labute approximate surface area is 137 Å². The molecule has 3 rings (SSSR count). The van der Waals surface area contributed by atoms with Gasteiger partial charge in [0, 0.05) is 36.9 Å². The van der Waals surface area contributed by atoms with Gasteiger partial charge in [0.1, 0.15) is 11.6 Å². The first-order chi connectivity index (χ1) is 11.2. The zero-order valence-electron chi connectivity index (χ0n) is 13.5. The molecule has 0 bridgehead atoms. The number of piperidine rings is 1. The third-order valence-corrected chi connectivity index (χ3v) is 4.39. The minimum atomic E-state index is -0.192. The van der Waals surface area contributed by atoms with Gasteiger partial charge in [-0.1, -0.05) is 18.2 Å². The van der Waals surface area contributed by atoms with Crippen LogP contribution in [0.5, 0.6) is 5.75 Å². The molecular formula is C19H23FN2O. The second-order valence-electron chi connectivity index (χ2n) is 6.01. The van der Waals surface area contributed by atoms with Gasteiger partial charge in [0.05, 0.1) is 7.11 Å². The molecule has 1 fully saturated rings. The normalized spacial score (nSPS) is 16.3. The second-order valence-corrected chi connectivity index (χ2v) is 6.01. The van der Waals surface area contributed by atoms with Gasteiger partial charge in [0.2, 0.25) is 0 Å². The lowest BCUT2D eigenvalue weighted by molar-refractivity contribution is 0.209. The maximum absolute atomic E-state index is 12.9. The number of hydrogen-bond donors (Lipinski definition) is 1. The van der Waals surface area contributed by atoms with E-state index in [2.05, 4.69) is 22.3 Å². The number of para-hydroxylation sites is 1. The summed E-state index contributed by atoms with van der Waals surface area (Å²) in [6.07, 6.45) is 2.18. The molecule has 1 aliphatic heterocycles. The van der Waals surface area contributed by atoms with Crippen LogP contribution in [-0.4, -0.2) is 31.1 Å². The van der Waals surface area contributed by atoms with Crippen molar-refractivity contribution in [3.63, 3.8) is 0 Å². The number of nitrogens with zero attached hydrogens (tertiary/aromatic N) is 1. The molecule has 122 valence electrons. The Bertz CT molecular complexity index is 622. The number of likely N-dealkylation sites (tertiary alicyclic amines) is 1. The van der Waals surface area contributed by atoms with Crippen LogP contribution in [-0.2, 0) is 6.54 Å². The average molecular weight is 314 g/mol.